The van der Waals surface area contributed by atoms with Gasteiger partial charge in [0.15, 0.2) is 0 Å². The molecule has 1 aliphatic rings. The minimum Gasteiger partial charge on any atom is -0.494 e. The Hall–Kier alpha value is -1.71. The van der Waals surface area contributed by atoms with E-state index in [1.807, 2.05) is 25.1 Å². The first kappa shape index (κ1) is 16.7. The molecule has 2 N–H and O–H groups in total. The maximum Gasteiger partial charge on any atom is 0.315 e. The third kappa shape index (κ3) is 5.58. The lowest BCUT2D eigenvalue weighted by atomic mass is 9.96. The van der Waals surface area contributed by atoms with Crippen LogP contribution in [0.2, 0.25) is 0 Å². The smallest absolute Gasteiger partial charge is 0.315 e. The van der Waals surface area contributed by atoms with Crippen molar-refractivity contribution in [2.75, 3.05) is 13.2 Å². The van der Waals surface area contributed by atoms with Gasteiger partial charge in [0.05, 0.1) is 6.61 Å². The first-order chi connectivity index (χ1) is 10.8. The second-order valence-electron chi connectivity index (χ2n) is 5.88. The van der Waals surface area contributed by atoms with Crippen LogP contribution in [0.4, 0.5) is 4.79 Å². The van der Waals surface area contributed by atoms with Gasteiger partial charge in [-0.3, -0.25) is 0 Å². The zero-order valence-electron chi connectivity index (χ0n) is 13.6. The normalized spacial score (nSPS) is 15.3. The minimum absolute atomic E-state index is 0.0232. The number of hydrogen-bond donors (Lipinski definition) is 2. The molecule has 122 valence electrons. The third-order valence-electron chi connectivity index (χ3n) is 4.12. The van der Waals surface area contributed by atoms with Crippen LogP contribution < -0.4 is 15.4 Å². The zero-order chi connectivity index (χ0) is 15.6. The summed E-state index contributed by atoms with van der Waals surface area (Å²) in [5.41, 5.74) is 1.21. The molecular weight excluding hydrogens is 276 g/mol. The van der Waals surface area contributed by atoms with Gasteiger partial charge in [-0.25, -0.2) is 4.79 Å². The average Bonchev–Trinajstić information content (AvgIpc) is 2.54. The summed E-state index contributed by atoms with van der Waals surface area (Å²) in [5, 5.41) is 6.04. The molecule has 4 heteroatoms. The largest absolute Gasteiger partial charge is 0.494 e. The fraction of sp³-hybridized carbons (Fsp3) is 0.611. The van der Waals surface area contributed by atoms with Crippen LogP contribution in [-0.2, 0) is 6.42 Å². The van der Waals surface area contributed by atoms with E-state index in [-0.39, 0.29) is 6.03 Å². The fourth-order valence-electron chi connectivity index (χ4n) is 2.97. The summed E-state index contributed by atoms with van der Waals surface area (Å²) in [6, 6.07) is 8.46. The van der Waals surface area contributed by atoms with Crippen LogP contribution in [0.5, 0.6) is 5.75 Å². The van der Waals surface area contributed by atoms with Gasteiger partial charge in [0.25, 0.3) is 0 Å². The molecule has 22 heavy (non-hydrogen) atoms. The van der Waals surface area contributed by atoms with Gasteiger partial charge in [-0.1, -0.05) is 37.5 Å². The van der Waals surface area contributed by atoms with Crippen molar-refractivity contribution in [1.29, 1.82) is 0 Å². The molecule has 0 spiro atoms. The van der Waals surface area contributed by atoms with Crippen molar-refractivity contribution in [3.63, 3.8) is 0 Å². The monoisotopic (exact) mass is 304 g/mol. The Labute approximate surface area is 133 Å². The van der Waals surface area contributed by atoms with E-state index in [1.54, 1.807) is 0 Å². The Morgan fingerprint density at radius 3 is 2.77 bits per heavy atom. The van der Waals surface area contributed by atoms with E-state index in [9.17, 15) is 4.79 Å². The summed E-state index contributed by atoms with van der Waals surface area (Å²) in [4.78, 5) is 11.8. The van der Waals surface area contributed by atoms with E-state index in [1.165, 1.54) is 24.8 Å². The van der Waals surface area contributed by atoms with E-state index >= 15 is 0 Å². The van der Waals surface area contributed by atoms with Gasteiger partial charge in [-0.05, 0) is 44.2 Å². The Balaban J connectivity index is 1.65. The van der Waals surface area contributed by atoms with Crippen LogP contribution >= 0.6 is 0 Å². The molecule has 0 aliphatic heterocycles. The number of rotatable bonds is 7. The Kier molecular flexibility index (Phi) is 7.07. The highest BCUT2D eigenvalue weighted by atomic mass is 16.5. The van der Waals surface area contributed by atoms with Crippen molar-refractivity contribution in [3.8, 4) is 5.75 Å². The molecule has 1 fully saturated rings. The highest BCUT2D eigenvalue weighted by molar-refractivity contribution is 5.74. The van der Waals surface area contributed by atoms with Crippen LogP contribution in [0.15, 0.2) is 24.3 Å². The topological polar surface area (TPSA) is 50.4 Å². The summed E-state index contributed by atoms with van der Waals surface area (Å²) in [6.07, 6.45) is 7.85. The highest BCUT2D eigenvalue weighted by Gasteiger charge is 2.15. The highest BCUT2D eigenvalue weighted by Crippen LogP contribution is 2.19. The van der Waals surface area contributed by atoms with Gasteiger partial charge < -0.3 is 15.4 Å². The molecule has 0 radical (unpaired) electrons. The molecule has 0 unspecified atom stereocenters. The summed E-state index contributed by atoms with van der Waals surface area (Å²) in [7, 11) is 0. The maximum atomic E-state index is 11.8. The number of urea groups is 1. The van der Waals surface area contributed by atoms with Gasteiger partial charge in [-0.15, -0.1) is 0 Å². The van der Waals surface area contributed by atoms with E-state index in [2.05, 4.69) is 16.7 Å². The predicted molar refractivity (Wildman–Crippen MR) is 89.3 cm³/mol. The van der Waals surface area contributed by atoms with Crippen LogP contribution in [0.1, 0.15) is 51.0 Å². The van der Waals surface area contributed by atoms with Gasteiger partial charge in [0.1, 0.15) is 5.75 Å². The van der Waals surface area contributed by atoms with E-state index in [0.717, 1.165) is 31.4 Å². The van der Waals surface area contributed by atoms with Crippen molar-refractivity contribution < 1.29 is 9.53 Å². The van der Waals surface area contributed by atoms with Crippen LogP contribution in [-0.4, -0.2) is 25.2 Å². The number of carbonyl (C=O) groups is 1. The standard InChI is InChI=1S/C18H28N2O2/c1-2-22-17-13-7-6-9-15(17)10-8-14-19-18(21)20-16-11-4-3-5-12-16/h6-7,9,13,16H,2-5,8,10-12,14H2,1H3,(H2,19,20,21). The van der Waals surface area contributed by atoms with Gasteiger partial charge in [-0.2, -0.15) is 0 Å². The predicted octanol–water partition coefficient (Wildman–Crippen LogP) is 3.65. The van der Waals surface area contributed by atoms with Crippen molar-refractivity contribution in [2.24, 2.45) is 0 Å². The fourth-order valence-corrected chi connectivity index (χ4v) is 2.97. The number of amides is 2. The molecular formula is C18H28N2O2. The second kappa shape index (κ2) is 9.34. The number of carbonyl (C=O) groups excluding carboxylic acids is 1. The minimum atomic E-state index is -0.0232. The zero-order valence-corrected chi connectivity index (χ0v) is 13.6. The lowest BCUT2D eigenvalue weighted by Gasteiger charge is -2.22. The molecule has 1 aromatic carbocycles. The van der Waals surface area contributed by atoms with Crippen LogP contribution in [0.3, 0.4) is 0 Å². The molecule has 0 atom stereocenters. The van der Waals surface area contributed by atoms with Gasteiger partial charge >= 0.3 is 6.03 Å². The molecule has 1 aromatic rings. The summed E-state index contributed by atoms with van der Waals surface area (Å²) in [6.45, 7) is 3.37. The van der Waals surface area contributed by atoms with E-state index in [4.69, 9.17) is 4.74 Å². The van der Waals surface area contributed by atoms with Gasteiger partial charge in [0.2, 0.25) is 0 Å². The lowest BCUT2D eigenvalue weighted by molar-refractivity contribution is 0.232. The van der Waals surface area contributed by atoms with Gasteiger partial charge in [0, 0.05) is 12.6 Å². The Morgan fingerprint density at radius 2 is 2.00 bits per heavy atom. The first-order valence-corrected chi connectivity index (χ1v) is 8.54. The van der Waals surface area contributed by atoms with Crippen molar-refractivity contribution >= 4 is 6.03 Å². The summed E-state index contributed by atoms with van der Waals surface area (Å²) >= 11 is 0. The second-order valence-corrected chi connectivity index (χ2v) is 5.88. The Morgan fingerprint density at radius 1 is 1.23 bits per heavy atom. The number of nitrogens with one attached hydrogen (secondary N) is 2. The number of benzene rings is 1. The first-order valence-electron chi connectivity index (χ1n) is 8.54. The summed E-state index contributed by atoms with van der Waals surface area (Å²) in [5.74, 6) is 0.955. The Bertz CT molecular complexity index is 456. The molecule has 2 rings (SSSR count). The van der Waals surface area contributed by atoms with Crippen molar-refractivity contribution in [3.05, 3.63) is 29.8 Å². The molecule has 0 aromatic heterocycles. The molecule has 0 bridgehead atoms. The van der Waals surface area contributed by atoms with Crippen LogP contribution in [0, 0.1) is 0 Å². The van der Waals surface area contributed by atoms with Crippen LogP contribution in [0.25, 0.3) is 0 Å². The number of aryl methyl sites for hydroxylation is 1. The van der Waals surface area contributed by atoms with E-state index < -0.39 is 0 Å². The molecule has 0 heterocycles. The van der Waals surface area contributed by atoms with Crippen molar-refractivity contribution in [2.45, 2.75) is 57.9 Å². The van der Waals surface area contributed by atoms with Crippen molar-refractivity contribution in [1.82, 2.24) is 10.6 Å². The summed E-state index contributed by atoms with van der Waals surface area (Å²) < 4.78 is 5.62. The molecule has 0 saturated heterocycles. The molecule has 1 aliphatic carbocycles. The molecule has 1 saturated carbocycles. The third-order valence-corrected chi connectivity index (χ3v) is 4.12. The SMILES string of the molecule is CCOc1ccccc1CCCNC(=O)NC1CCCCC1. The molecule has 4 nitrogen and oxygen atoms in total. The average molecular weight is 304 g/mol. The maximum absolute atomic E-state index is 11.8. The molecule has 2 amide bonds. The number of para-hydroxylation sites is 1. The quantitative estimate of drug-likeness (QED) is 0.755. The number of ether oxygens (including phenoxy) is 1. The lowest BCUT2D eigenvalue weighted by Crippen LogP contribution is -2.43. The number of hydrogen-bond acceptors (Lipinski definition) is 2. The van der Waals surface area contributed by atoms with E-state index in [0.29, 0.717) is 19.2 Å².